The number of aryl methyl sites for hydroxylation is 1. The highest BCUT2D eigenvalue weighted by Gasteiger charge is 2.09. The predicted molar refractivity (Wildman–Crippen MR) is 68.7 cm³/mol. The number of hydrogen-bond donors (Lipinski definition) is 1. The smallest absolute Gasteiger partial charge is 0.0925 e. The Morgan fingerprint density at radius 2 is 2.27 bits per heavy atom. The molecule has 0 aliphatic heterocycles. The second-order valence-electron chi connectivity index (χ2n) is 3.57. The molecule has 0 aliphatic rings. The van der Waals surface area contributed by atoms with Crippen molar-refractivity contribution in [3.63, 3.8) is 0 Å². The SMILES string of the molecule is CCc1ncc(CN(C)C(C)CN)s1.Cl. The minimum Gasteiger partial charge on any atom is -0.329 e. The molecule has 15 heavy (non-hydrogen) atoms. The molecular formula is C10H20ClN3S. The number of likely N-dealkylation sites (N-methyl/N-ethyl adjacent to an activating group) is 1. The van der Waals surface area contributed by atoms with Gasteiger partial charge in [-0.25, -0.2) is 4.98 Å². The van der Waals surface area contributed by atoms with Gasteiger partial charge in [0.25, 0.3) is 0 Å². The Labute approximate surface area is 102 Å². The Kier molecular flexibility index (Phi) is 7.09. The first kappa shape index (κ1) is 14.8. The van der Waals surface area contributed by atoms with E-state index in [4.69, 9.17) is 5.73 Å². The van der Waals surface area contributed by atoms with Crippen molar-refractivity contribution in [2.24, 2.45) is 5.73 Å². The average Bonchev–Trinajstić information content (AvgIpc) is 2.64. The standard InChI is InChI=1S/C10H19N3S.ClH/c1-4-10-12-6-9(14-10)7-13(3)8(2)5-11;/h6,8H,4-5,7,11H2,1-3H3;1H. The van der Waals surface area contributed by atoms with Crippen LogP contribution in [0.25, 0.3) is 0 Å². The van der Waals surface area contributed by atoms with E-state index in [1.54, 1.807) is 11.3 Å². The molecule has 1 rings (SSSR count). The first-order chi connectivity index (χ1) is 6.67. The van der Waals surface area contributed by atoms with Crippen LogP contribution >= 0.6 is 23.7 Å². The van der Waals surface area contributed by atoms with Crippen LogP contribution in [0.1, 0.15) is 23.7 Å². The Balaban J connectivity index is 0.00000196. The molecule has 1 unspecified atom stereocenters. The molecule has 5 heteroatoms. The molecule has 0 bridgehead atoms. The average molecular weight is 250 g/mol. The maximum atomic E-state index is 5.60. The van der Waals surface area contributed by atoms with E-state index in [0.717, 1.165) is 13.0 Å². The van der Waals surface area contributed by atoms with Crippen molar-refractivity contribution in [1.29, 1.82) is 0 Å². The first-order valence-electron chi connectivity index (χ1n) is 5.01. The fourth-order valence-corrected chi connectivity index (χ4v) is 2.09. The third-order valence-corrected chi connectivity index (χ3v) is 3.53. The molecule has 0 spiro atoms. The molecule has 3 nitrogen and oxygen atoms in total. The van der Waals surface area contributed by atoms with Gasteiger partial charge in [0.15, 0.2) is 0 Å². The lowest BCUT2D eigenvalue weighted by atomic mass is 10.3. The zero-order chi connectivity index (χ0) is 10.6. The molecule has 0 aromatic carbocycles. The highest BCUT2D eigenvalue weighted by Crippen LogP contribution is 2.15. The van der Waals surface area contributed by atoms with Crippen molar-refractivity contribution in [2.75, 3.05) is 13.6 Å². The monoisotopic (exact) mass is 249 g/mol. The minimum atomic E-state index is 0. The summed E-state index contributed by atoms with van der Waals surface area (Å²) in [4.78, 5) is 7.91. The van der Waals surface area contributed by atoms with E-state index in [-0.39, 0.29) is 12.4 Å². The number of halogens is 1. The van der Waals surface area contributed by atoms with Gasteiger partial charge in [0, 0.05) is 30.2 Å². The number of aromatic nitrogens is 1. The zero-order valence-electron chi connectivity index (χ0n) is 9.56. The van der Waals surface area contributed by atoms with E-state index in [1.807, 2.05) is 6.20 Å². The normalized spacial score (nSPS) is 12.6. The van der Waals surface area contributed by atoms with Gasteiger partial charge in [-0.05, 0) is 20.4 Å². The van der Waals surface area contributed by atoms with E-state index in [0.29, 0.717) is 12.6 Å². The van der Waals surface area contributed by atoms with Gasteiger partial charge in [0.2, 0.25) is 0 Å². The van der Waals surface area contributed by atoms with E-state index >= 15 is 0 Å². The summed E-state index contributed by atoms with van der Waals surface area (Å²) in [5.74, 6) is 0. The number of hydrogen-bond acceptors (Lipinski definition) is 4. The summed E-state index contributed by atoms with van der Waals surface area (Å²) in [7, 11) is 2.10. The van der Waals surface area contributed by atoms with E-state index < -0.39 is 0 Å². The molecule has 1 aromatic rings. The molecule has 0 saturated carbocycles. The maximum Gasteiger partial charge on any atom is 0.0925 e. The van der Waals surface area contributed by atoms with Gasteiger partial charge < -0.3 is 5.73 Å². The fourth-order valence-electron chi connectivity index (χ4n) is 1.17. The van der Waals surface area contributed by atoms with Crippen LogP contribution < -0.4 is 5.73 Å². The molecule has 1 aromatic heterocycles. The van der Waals surface area contributed by atoms with Gasteiger partial charge in [-0.1, -0.05) is 6.92 Å². The Hall–Kier alpha value is -0.160. The van der Waals surface area contributed by atoms with Gasteiger partial charge in [0.05, 0.1) is 5.01 Å². The Bertz CT molecular complexity index is 277. The highest BCUT2D eigenvalue weighted by molar-refractivity contribution is 7.11. The molecular weight excluding hydrogens is 230 g/mol. The second kappa shape index (κ2) is 7.17. The topological polar surface area (TPSA) is 42.2 Å². The molecule has 0 aliphatic carbocycles. The highest BCUT2D eigenvalue weighted by atomic mass is 35.5. The Morgan fingerprint density at radius 3 is 2.73 bits per heavy atom. The van der Waals surface area contributed by atoms with Gasteiger partial charge >= 0.3 is 0 Å². The summed E-state index contributed by atoms with van der Waals surface area (Å²) in [5.41, 5.74) is 5.60. The van der Waals surface area contributed by atoms with Crippen LogP contribution in [0, 0.1) is 0 Å². The lowest BCUT2D eigenvalue weighted by molar-refractivity contribution is 0.257. The minimum absolute atomic E-state index is 0. The van der Waals surface area contributed by atoms with Crippen molar-refractivity contribution >= 4 is 23.7 Å². The Morgan fingerprint density at radius 1 is 1.60 bits per heavy atom. The molecule has 0 radical (unpaired) electrons. The van der Waals surface area contributed by atoms with Crippen molar-refractivity contribution in [2.45, 2.75) is 32.9 Å². The van der Waals surface area contributed by atoms with Crippen molar-refractivity contribution in [3.8, 4) is 0 Å². The lowest BCUT2D eigenvalue weighted by Crippen LogP contribution is -2.34. The molecule has 1 heterocycles. The fraction of sp³-hybridized carbons (Fsp3) is 0.700. The summed E-state index contributed by atoms with van der Waals surface area (Å²) in [6.45, 7) is 5.93. The van der Waals surface area contributed by atoms with Crippen LogP contribution in [0.15, 0.2) is 6.20 Å². The van der Waals surface area contributed by atoms with Crippen molar-refractivity contribution < 1.29 is 0 Å². The van der Waals surface area contributed by atoms with Crippen LogP contribution in [0.5, 0.6) is 0 Å². The van der Waals surface area contributed by atoms with Gasteiger partial charge in [-0.15, -0.1) is 23.7 Å². The van der Waals surface area contributed by atoms with E-state index in [9.17, 15) is 0 Å². The van der Waals surface area contributed by atoms with E-state index in [1.165, 1.54) is 9.88 Å². The van der Waals surface area contributed by atoms with Gasteiger partial charge in [-0.2, -0.15) is 0 Å². The van der Waals surface area contributed by atoms with Crippen LogP contribution in [0.3, 0.4) is 0 Å². The summed E-state index contributed by atoms with van der Waals surface area (Å²) in [5, 5.41) is 1.22. The first-order valence-corrected chi connectivity index (χ1v) is 5.82. The van der Waals surface area contributed by atoms with Crippen LogP contribution in [0.4, 0.5) is 0 Å². The number of rotatable bonds is 5. The molecule has 0 fully saturated rings. The third-order valence-electron chi connectivity index (χ3n) is 2.40. The van der Waals surface area contributed by atoms with Gasteiger partial charge in [0.1, 0.15) is 0 Å². The lowest BCUT2D eigenvalue weighted by Gasteiger charge is -2.22. The van der Waals surface area contributed by atoms with Crippen LogP contribution in [-0.4, -0.2) is 29.5 Å². The number of nitrogens with zero attached hydrogens (tertiary/aromatic N) is 2. The van der Waals surface area contributed by atoms with Crippen LogP contribution in [-0.2, 0) is 13.0 Å². The molecule has 0 saturated heterocycles. The summed E-state index contributed by atoms with van der Waals surface area (Å²) >= 11 is 1.80. The largest absolute Gasteiger partial charge is 0.329 e. The maximum absolute atomic E-state index is 5.60. The predicted octanol–water partition coefficient (Wildman–Crippen LogP) is 1.91. The number of thiazole rings is 1. The summed E-state index contributed by atoms with van der Waals surface area (Å²) in [6, 6.07) is 0.433. The molecule has 1 atom stereocenters. The molecule has 0 amide bonds. The van der Waals surface area contributed by atoms with Crippen molar-refractivity contribution in [1.82, 2.24) is 9.88 Å². The van der Waals surface area contributed by atoms with Gasteiger partial charge in [-0.3, -0.25) is 4.90 Å². The summed E-state index contributed by atoms with van der Waals surface area (Å²) < 4.78 is 0. The molecule has 2 N–H and O–H groups in total. The molecule has 88 valence electrons. The second-order valence-corrected chi connectivity index (χ2v) is 4.77. The summed E-state index contributed by atoms with van der Waals surface area (Å²) in [6.07, 6.45) is 3.00. The zero-order valence-corrected chi connectivity index (χ0v) is 11.2. The third kappa shape index (κ3) is 4.47. The quantitative estimate of drug-likeness (QED) is 0.867. The van der Waals surface area contributed by atoms with Crippen LogP contribution in [0.2, 0.25) is 0 Å². The van der Waals surface area contributed by atoms with Crippen molar-refractivity contribution in [3.05, 3.63) is 16.1 Å². The number of nitrogens with two attached hydrogens (primary N) is 1. The van der Waals surface area contributed by atoms with E-state index in [2.05, 4.69) is 30.8 Å².